The van der Waals surface area contributed by atoms with Gasteiger partial charge in [-0.25, -0.2) is 0 Å². The van der Waals surface area contributed by atoms with Crippen LogP contribution in [-0.4, -0.2) is 56.6 Å². The third-order valence-corrected chi connectivity index (χ3v) is 7.96. The molecule has 0 aliphatic carbocycles. The van der Waals surface area contributed by atoms with E-state index in [4.69, 9.17) is 0 Å². The maximum atomic E-state index is 2.67. The highest BCUT2D eigenvalue weighted by Crippen LogP contribution is 2.31. The van der Waals surface area contributed by atoms with Crippen LogP contribution in [0.3, 0.4) is 0 Å². The molecule has 2 aromatic carbocycles. The van der Waals surface area contributed by atoms with E-state index in [2.05, 4.69) is 121 Å². The predicted octanol–water partition coefficient (Wildman–Crippen LogP) is 7.24. The third-order valence-electron chi connectivity index (χ3n) is 7.96. The van der Waals surface area contributed by atoms with Crippen molar-refractivity contribution in [3.8, 4) is 0 Å². The van der Waals surface area contributed by atoms with Crippen LogP contribution in [0, 0.1) is 0 Å². The summed E-state index contributed by atoms with van der Waals surface area (Å²) in [6, 6.07) is 18.4. The molecule has 1 aliphatic rings. The van der Waals surface area contributed by atoms with Crippen molar-refractivity contribution in [1.82, 2.24) is 4.90 Å². The highest BCUT2D eigenvalue weighted by Gasteiger charge is 2.33. The summed E-state index contributed by atoms with van der Waals surface area (Å²) in [5.74, 6) is 0. The Morgan fingerprint density at radius 1 is 0.611 bits per heavy atom. The van der Waals surface area contributed by atoms with Crippen LogP contribution in [0.5, 0.6) is 0 Å². The van der Waals surface area contributed by atoms with Crippen LogP contribution in [0.2, 0.25) is 0 Å². The highest BCUT2D eigenvalue weighted by molar-refractivity contribution is 5.60. The number of nitrogens with zero attached hydrogens (tertiary/aromatic N) is 5. The van der Waals surface area contributed by atoms with Crippen molar-refractivity contribution in [2.45, 2.75) is 79.7 Å². The maximum Gasteiger partial charge on any atom is 0.0928 e. The summed E-state index contributed by atoms with van der Waals surface area (Å²) in [7, 11) is 0. The number of hydrogen-bond acceptors (Lipinski definition) is 5. The van der Waals surface area contributed by atoms with Crippen LogP contribution in [0.1, 0.15) is 74.1 Å². The first-order valence-corrected chi connectivity index (χ1v) is 14.3. The van der Waals surface area contributed by atoms with Gasteiger partial charge in [0.2, 0.25) is 0 Å². The van der Waals surface area contributed by atoms with E-state index in [1.165, 1.54) is 48.4 Å². The highest BCUT2D eigenvalue weighted by atomic mass is 15.5. The molecule has 36 heavy (non-hydrogen) atoms. The van der Waals surface area contributed by atoms with Crippen molar-refractivity contribution < 1.29 is 0 Å². The van der Waals surface area contributed by atoms with Gasteiger partial charge in [0.15, 0.2) is 0 Å². The Morgan fingerprint density at radius 2 is 1.03 bits per heavy atom. The number of benzene rings is 2. The van der Waals surface area contributed by atoms with E-state index in [9.17, 15) is 0 Å². The normalized spacial score (nSPS) is 14.9. The summed E-state index contributed by atoms with van der Waals surface area (Å²) in [4.78, 5) is 12.6. The van der Waals surface area contributed by atoms with E-state index in [0.29, 0.717) is 0 Å². The Balaban J connectivity index is 1.86. The van der Waals surface area contributed by atoms with Crippen LogP contribution in [-0.2, 0) is 0 Å². The summed E-state index contributed by atoms with van der Waals surface area (Å²) in [6.45, 7) is 23.0. The number of hydrogen-bond donors (Lipinski definition) is 0. The molecule has 0 aromatic heterocycles. The van der Waals surface area contributed by atoms with Crippen LogP contribution >= 0.6 is 0 Å². The quantitative estimate of drug-likeness (QED) is 0.273. The predicted molar refractivity (Wildman–Crippen MR) is 160 cm³/mol. The molecule has 3 rings (SSSR count). The van der Waals surface area contributed by atoms with Crippen molar-refractivity contribution in [3.05, 3.63) is 48.5 Å². The monoisotopic (exact) mass is 493 g/mol. The summed E-state index contributed by atoms with van der Waals surface area (Å²) >= 11 is 0. The second-order valence-electron chi connectivity index (χ2n) is 10.7. The Hall–Kier alpha value is -2.40. The molecule has 0 radical (unpaired) electrons. The van der Waals surface area contributed by atoms with Gasteiger partial charge < -0.3 is 19.6 Å². The van der Waals surface area contributed by atoms with Gasteiger partial charge in [-0.1, -0.05) is 26.2 Å². The molecule has 1 heterocycles. The zero-order chi connectivity index (χ0) is 26.1. The molecule has 0 amide bonds. The zero-order valence-electron chi connectivity index (χ0n) is 24.1. The number of rotatable bonds is 13. The minimum absolute atomic E-state index is 0.147. The smallest absolute Gasteiger partial charge is 0.0928 e. The molecule has 2 aromatic rings. The lowest BCUT2D eigenvalue weighted by atomic mass is 9.94. The second kappa shape index (κ2) is 13.2. The summed E-state index contributed by atoms with van der Waals surface area (Å²) in [5, 5.41) is 0. The van der Waals surface area contributed by atoms with E-state index in [1.807, 2.05) is 0 Å². The summed E-state index contributed by atoms with van der Waals surface area (Å²) in [5.41, 5.74) is 5.35. The standard InChI is InChI=1S/C31H51N5/c1-8-13-14-23-31(6,7)36-25-34(29-19-15-27(16-20-29)32(9-2)10-3)24-35(26-36)30-21-17-28(18-22-30)33(11-4)12-5/h15-22H,8-14,23-26H2,1-7H3. The molecular formula is C31H51N5. The molecule has 200 valence electrons. The molecule has 1 fully saturated rings. The van der Waals surface area contributed by atoms with E-state index in [1.54, 1.807) is 0 Å². The van der Waals surface area contributed by atoms with Crippen molar-refractivity contribution >= 4 is 22.7 Å². The minimum atomic E-state index is 0.147. The van der Waals surface area contributed by atoms with Crippen molar-refractivity contribution in [2.75, 3.05) is 65.8 Å². The van der Waals surface area contributed by atoms with Crippen molar-refractivity contribution in [2.24, 2.45) is 0 Å². The van der Waals surface area contributed by atoms with Crippen LogP contribution in [0.4, 0.5) is 22.7 Å². The van der Waals surface area contributed by atoms with E-state index < -0.39 is 0 Å². The van der Waals surface area contributed by atoms with Crippen LogP contribution < -0.4 is 19.6 Å². The zero-order valence-corrected chi connectivity index (χ0v) is 24.1. The fourth-order valence-electron chi connectivity index (χ4n) is 5.35. The molecule has 0 N–H and O–H groups in total. The van der Waals surface area contributed by atoms with Gasteiger partial charge in [0, 0.05) is 54.5 Å². The molecule has 5 nitrogen and oxygen atoms in total. The van der Waals surface area contributed by atoms with Gasteiger partial charge >= 0.3 is 0 Å². The fraction of sp³-hybridized carbons (Fsp3) is 0.613. The molecule has 5 heteroatoms. The Labute approximate surface area is 221 Å². The number of anilines is 4. The topological polar surface area (TPSA) is 16.2 Å². The molecule has 0 unspecified atom stereocenters. The molecule has 0 spiro atoms. The first kappa shape index (κ1) is 28.2. The minimum Gasteiger partial charge on any atom is -0.372 e. The molecule has 0 saturated carbocycles. The fourth-order valence-corrected chi connectivity index (χ4v) is 5.35. The lowest BCUT2D eigenvalue weighted by Crippen LogP contribution is -2.61. The second-order valence-corrected chi connectivity index (χ2v) is 10.7. The van der Waals surface area contributed by atoms with Gasteiger partial charge in [-0.15, -0.1) is 0 Å². The van der Waals surface area contributed by atoms with Crippen molar-refractivity contribution in [1.29, 1.82) is 0 Å². The third kappa shape index (κ3) is 6.88. The van der Waals surface area contributed by atoms with Crippen LogP contribution in [0.15, 0.2) is 48.5 Å². The maximum absolute atomic E-state index is 2.67. The summed E-state index contributed by atoms with van der Waals surface area (Å²) < 4.78 is 0. The first-order valence-electron chi connectivity index (χ1n) is 14.3. The number of unbranched alkanes of at least 4 members (excludes halogenated alkanes) is 2. The van der Waals surface area contributed by atoms with Crippen LogP contribution in [0.25, 0.3) is 0 Å². The largest absolute Gasteiger partial charge is 0.372 e. The SMILES string of the molecule is CCCCCC(C)(C)N1CN(c2ccc(N(CC)CC)cc2)CN(c2ccc(N(CC)CC)cc2)C1. The molecule has 1 saturated heterocycles. The lowest BCUT2D eigenvalue weighted by Gasteiger charge is -2.50. The Morgan fingerprint density at radius 3 is 1.39 bits per heavy atom. The van der Waals surface area contributed by atoms with E-state index in [0.717, 1.165) is 46.2 Å². The Kier molecular flexibility index (Phi) is 10.4. The van der Waals surface area contributed by atoms with Crippen molar-refractivity contribution in [3.63, 3.8) is 0 Å². The molecule has 0 bridgehead atoms. The van der Waals surface area contributed by atoms with Gasteiger partial charge in [-0.2, -0.15) is 0 Å². The average molecular weight is 494 g/mol. The van der Waals surface area contributed by atoms with E-state index >= 15 is 0 Å². The van der Waals surface area contributed by atoms with Gasteiger partial charge in [-0.05, 0) is 96.5 Å². The molecule has 0 atom stereocenters. The lowest BCUT2D eigenvalue weighted by molar-refractivity contribution is 0.0928. The van der Waals surface area contributed by atoms with Gasteiger partial charge in [-0.3, -0.25) is 4.90 Å². The van der Waals surface area contributed by atoms with E-state index in [-0.39, 0.29) is 5.54 Å². The molecular weight excluding hydrogens is 442 g/mol. The van der Waals surface area contributed by atoms with Gasteiger partial charge in [0.05, 0.1) is 20.0 Å². The average Bonchev–Trinajstić information content (AvgIpc) is 2.91. The first-order chi connectivity index (χ1) is 17.4. The van der Waals surface area contributed by atoms with Gasteiger partial charge in [0.1, 0.15) is 0 Å². The molecule has 1 aliphatic heterocycles. The summed E-state index contributed by atoms with van der Waals surface area (Å²) in [6.07, 6.45) is 5.10. The Bertz CT molecular complexity index is 821. The van der Waals surface area contributed by atoms with Gasteiger partial charge in [0.25, 0.3) is 0 Å².